The Hall–Kier alpha value is -2.17. The molecule has 0 aliphatic heterocycles. The highest BCUT2D eigenvalue weighted by Gasteiger charge is 2.35. The van der Waals surface area contributed by atoms with Crippen molar-refractivity contribution < 1.29 is 13.2 Å². The molecular formula is C14H11F3N2. The van der Waals surface area contributed by atoms with E-state index >= 15 is 0 Å². The Kier molecular flexibility index (Phi) is 3.64. The third-order valence-corrected chi connectivity index (χ3v) is 2.53. The predicted molar refractivity (Wildman–Crippen MR) is 66.4 cm³/mol. The number of nitrogens with zero attached hydrogens (tertiary/aromatic N) is 2. The molecule has 0 saturated carbocycles. The summed E-state index contributed by atoms with van der Waals surface area (Å²) in [7, 11) is 0. The maximum absolute atomic E-state index is 12.9. The van der Waals surface area contributed by atoms with Crippen molar-refractivity contribution in [3.05, 3.63) is 60.4 Å². The smallest absolute Gasteiger partial charge is 0.236 e. The summed E-state index contributed by atoms with van der Waals surface area (Å²) in [5.74, 6) is 0.0701. The summed E-state index contributed by atoms with van der Waals surface area (Å²) in [6, 6.07) is 8.57. The Labute approximate surface area is 108 Å². The van der Waals surface area contributed by atoms with Crippen molar-refractivity contribution in [1.82, 2.24) is 9.97 Å². The minimum atomic E-state index is -4.50. The quantitative estimate of drug-likeness (QED) is 0.786. The fourth-order valence-corrected chi connectivity index (χ4v) is 1.68. The molecule has 0 spiro atoms. The van der Waals surface area contributed by atoms with Crippen LogP contribution in [0.1, 0.15) is 11.3 Å². The SMILES string of the molecule is C=CCc1cnc(-c2ccccc2)nc1C(F)(F)F. The summed E-state index contributed by atoms with van der Waals surface area (Å²) < 4.78 is 38.8. The lowest BCUT2D eigenvalue weighted by Crippen LogP contribution is -2.13. The Balaban J connectivity index is 2.53. The second-order valence-electron chi connectivity index (χ2n) is 3.92. The summed E-state index contributed by atoms with van der Waals surface area (Å²) in [4.78, 5) is 7.63. The molecule has 0 unspecified atom stereocenters. The first kappa shape index (κ1) is 13.3. The first-order valence-corrected chi connectivity index (χ1v) is 5.62. The van der Waals surface area contributed by atoms with Crippen LogP contribution in [-0.4, -0.2) is 9.97 Å². The second-order valence-corrected chi connectivity index (χ2v) is 3.92. The Bertz CT molecular complexity index is 577. The Morgan fingerprint density at radius 1 is 1.16 bits per heavy atom. The van der Waals surface area contributed by atoms with Gasteiger partial charge in [-0.2, -0.15) is 13.2 Å². The lowest BCUT2D eigenvalue weighted by Gasteiger charge is -2.11. The van der Waals surface area contributed by atoms with Crippen molar-refractivity contribution in [2.45, 2.75) is 12.6 Å². The average molecular weight is 264 g/mol. The van der Waals surface area contributed by atoms with Gasteiger partial charge in [0.05, 0.1) is 0 Å². The van der Waals surface area contributed by atoms with Gasteiger partial charge in [-0.3, -0.25) is 0 Å². The monoisotopic (exact) mass is 264 g/mol. The molecule has 0 saturated heterocycles. The number of benzene rings is 1. The van der Waals surface area contributed by atoms with Gasteiger partial charge in [-0.1, -0.05) is 36.4 Å². The van der Waals surface area contributed by atoms with Crippen LogP contribution < -0.4 is 0 Å². The highest BCUT2D eigenvalue weighted by Crippen LogP contribution is 2.31. The third-order valence-electron chi connectivity index (χ3n) is 2.53. The second kappa shape index (κ2) is 5.22. The van der Waals surface area contributed by atoms with Crippen molar-refractivity contribution in [3.63, 3.8) is 0 Å². The zero-order valence-corrected chi connectivity index (χ0v) is 9.98. The van der Waals surface area contributed by atoms with Crippen LogP contribution >= 0.6 is 0 Å². The zero-order chi connectivity index (χ0) is 13.9. The molecule has 0 atom stereocenters. The number of aromatic nitrogens is 2. The van der Waals surface area contributed by atoms with Crippen LogP contribution in [0.15, 0.2) is 49.2 Å². The molecule has 98 valence electrons. The van der Waals surface area contributed by atoms with Gasteiger partial charge >= 0.3 is 6.18 Å². The molecule has 0 amide bonds. The molecule has 0 aliphatic carbocycles. The molecule has 0 radical (unpaired) electrons. The molecule has 2 aromatic rings. The molecule has 0 fully saturated rings. The number of rotatable bonds is 3. The van der Waals surface area contributed by atoms with E-state index in [1.54, 1.807) is 30.3 Å². The largest absolute Gasteiger partial charge is 0.433 e. The Morgan fingerprint density at radius 3 is 2.42 bits per heavy atom. The van der Waals surface area contributed by atoms with Crippen LogP contribution in [0.5, 0.6) is 0 Å². The van der Waals surface area contributed by atoms with Crippen molar-refractivity contribution in [3.8, 4) is 11.4 Å². The van der Waals surface area contributed by atoms with Crippen LogP contribution in [0, 0.1) is 0 Å². The third kappa shape index (κ3) is 2.99. The first-order valence-electron chi connectivity index (χ1n) is 5.62. The van der Waals surface area contributed by atoms with Crippen LogP contribution in [0.2, 0.25) is 0 Å². The van der Waals surface area contributed by atoms with Crippen LogP contribution in [0.3, 0.4) is 0 Å². The average Bonchev–Trinajstić information content (AvgIpc) is 2.39. The van der Waals surface area contributed by atoms with Gasteiger partial charge in [0.25, 0.3) is 0 Å². The highest BCUT2D eigenvalue weighted by molar-refractivity contribution is 5.54. The van der Waals surface area contributed by atoms with Gasteiger partial charge < -0.3 is 0 Å². The van der Waals surface area contributed by atoms with E-state index < -0.39 is 11.9 Å². The topological polar surface area (TPSA) is 25.8 Å². The Morgan fingerprint density at radius 2 is 1.84 bits per heavy atom. The molecule has 1 aromatic heterocycles. The lowest BCUT2D eigenvalue weighted by molar-refractivity contribution is -0.141. The summed E-state index contributed by atoms with van der Waals surface area (Å²) in [5.41, 5.74) is -0.318. The van der Waals surface area contributed by atoms with Crippen LogP contribution in [-0.2, 0) is 12.6 Å². The van der Waals surface area contributed by atoms with E-state index in [4.69, 9.17) is 0 Å². The van der Waals surface area contributed by atoms with Gasteiger partial charge in [0, 0.05) is 17.3 Å². The molecule has 2 rings (SSSR count). The fraction of sp³-hybridized carbons (Fsp3) is 0.143. The minimum absolute atomic E-state index is 0.0298. The van der Waals surface area contributed by atoms with E-state index in [0.29, 0.717) is 5.56 Å². The molecule has 1 aromatic carbocycles. The van der Waals surface area contributed by atoms with Crippen molar-refractivity contribution in [2.24, 2.45) is 0 Å². The van der Waals surface area contributed by atoms with E-state index in [-0.39, 0.29) is 17.8 Å². The van der Waals surface area contributed by atoms with E-state index in [1.807, 2.05) is 0 Å². The van der Waals surface area contributed by atoms with Crippen molar-refractivity contribution >= 4 is 0 Å². The number of allylic oxidation sites excluding steroid dienone is 1. The maximum Gasteiger partial charge on any atom is 0.433 e. The molecule has 1 heterocycles. The minimum Gasteiger partial charge on any atom is -0.236 e. The van der Waals surface area contributed by atoms with Gasteiger partial charge in [0.2, 0.25) is 0 Å². The van der Waals surface area contributed by atoms with Crippen molar-refractivity contribution in [1.29, 1.82) is 0 Å². The molecule has 5 heteroatoms. The maximum atomic E-state index is 12.9. The zero-order valence-electron chi connectivity index (χ0n) is 9.98. The van der Waals surface area contributed by atoms with Gasteiger partial charge in [-0.25, -0.2) is 9.97 Å². The molecule has 2 nitrogen and oxygen atoms in total. The number of alkyl halides is 3. The van der Waals surface area contributed by atoms with E-state index in [0.717, 1.165) is 0 Å². The van der Waals surface area contributed by atoms with Gasteiger partial charge in [0.15, 0.2) is 11.5 Å². The molecule has 0 aliphatic rings. The van der Waals surface area contributed by atoms with E-state index in [2.05, 4.69) is 16.5 Å². The van der Waals surface area contributed by atoms with Gasteiger partial charge in [0.1, 0.15) is 0 Å². The summed E-state index contributed by atoms with van der Waals surface area (Å²) in [6.45, 7) is 3.44. The summed E-state index contributed by atoms with van der Waals surface area (Å²) in [5, 5.41) is 0. The molecule has 0 bridgehead atoms. The summed E-state index contributed by atoms with van der Waals surface area (Å²) >= 11 is 0. The van der Waals surface area contributed by atoms with Crippen LogP contribution in [0.25, 0.3) is 11.4 Å². The lowest BCUT2D eigenvalue weighted by atomic mass is 10.1. The predicted octanol–water partition coefficient (Wildman–Crippen LogP) is 3.89. The van der Waals surface area contributed by atoms with Gasteiger partial charge in [-0.15, -0.1) is 6.58 Å². The standard InChI is InChI=1S/C14H11F3N2/c1-2-6-11-9-18-13(10-7-4-3-5-8-10)19-12(11)14(15,16)17/h2-5,7-9H,1,6H2. The van der Waals surface area contributed by atoms with E-state index in [1.165, 1.54) is 12.3 Å². The van der Waals surface area contributed by atoms with Gasteiger partial charge in [-0.05, 0) is 6.42 Å². The number of hydrogen-bond donors (Lipinski definition) is 0. The normalized spacial score (nSPS) is 11.3. The molecule has 0 N–H and O–H groups in total. The molecule has 19 heavy (non-hydrogen) atoms. The van der Waals surface area contributed by atoms with E-state index in [9.17, 15) is 13.2 Å². The fourth-order valence-electron chi connectivity index (χ4n) is 1.68. The number of hydrogen-bond acceptors (Lipinski definition) is 2. The first-order chi connectivity index (χ1) is 9.02. The van der Waals surface area contributed by atoms with Crippen molar-refractivity contribution in [2.75, 3.05) is 0 Å². The molecular weight excluding hydrogens is 253 g/mol. The number of halogens is 3. The van der Waals surface area contributed by atoms with Crippen LogP contribution in [0.4, 0.5) is 13.2 Å². The summed E-state index contributed by atoms with van der Waals surface area (Å²) in [6.07, 6.45) is -1.80. The highest BCUT2D eigenvalue weighted by atomic mass is 19.4.